The zero-order valence-corrected chi connectivity index (χ0v) is 10.2. The minimum atomic E-state index is -1.74. The van der Waals surface area contributed by atoms with E-state index < -0.39 is 6.36 Å². The van der Waals surface area contributed by atoms with Crippen LogP contribution >= 0.6 is 0 Å². The lowest BCUT2D eigenvalue weighted by Crippen LogP contribution is -2.59. The van der Waals surface area contributed by atoms with Gasteiger partial charge in [-0.2, -0.15) is 0 Å². The van der Waals surface area contributed by atoms with Crippen molar-refractivity contribution >= 4 is 0 Å². The van der Waals surface area contributed by atoms with Gasteiger partial charge in [0.1, 0.15) is 0 Å². The van der Waals surface area contributed by atoms with E-state index in [1.807, 2.05) is 18.7 Å². The highest BCUT2D eigenvalue weighted by molar-refractivity contribution is 4.86. The Kier molecular flexibility index (Phi) is 4.49. The smallest absolute Gasteiger partial charge is 0.213 e. The molecule has 1 rings (SSSR count). The Morgan fingerprint density at radius 3 is 2.13 bits per heavy atom. The van der Waals surface area contributed by atoms with Crippen LogP contribution in [0.25, 0.3) is 0 Å². The summed E-state index contributed by atoms with van der Waals surface area (Å²) in [6.07, 6.45) is -1.74. The number of alkyl halides is 1. The molecule has 1 N–H and O–H groups in total. The highest BCUT2D eigenvalue weighted by Crippen LogP contribution is 2.18. The van der Waals surface area contributed by atoms with E-state index in [0.717, 1.165) is 13.1 Å². The number of halogens is 1. The molecule has 0 aromatic carbocycles. The van der Waals surface area contributed by atoms with Gasteiger partial charge in [0, 0.05) is 31.7 Å². The van der Waals surface area contributed by atoms with Gasteiger partial charge in [0.05, 0.1) is 6.04 Å². The van der Waals surface area contributed by atoms with Crippen LogP contribution in [0.15, 0.2) is 0 Å². The number of aliphatic hydroxyl groups is 1. The van der Waals surface area contributed by atoms with Crippen LogP contribution < -0.4 is 0 Å². The molecular weight excluding hydrogens is 195 g/mol. The molecule has 0 amide bonds. The van der Waals surface area contributed by atoms with Gasteiger partial charge in [0.15, 0.2) is 0 Å². The zero-order chi connectivity index (χ0) is 11.6. The summed E-state index contributed by atoms with van der Waals surface area (Å²) in [5.41, 5.74) is 0. The van der Waals surface area contributed by atoms with E-state index in [1.54, 1.807) is 0 Å². The molecule has 3 nitrogen and oxygen atoms in total. The summed E-state index contributed by atoms with van der Waals surface area (Å²) in [5.74, 6) is 0. The number of aliphatic hydroxyl groups excluding tert-OH is 1. The number of hydrogen-bond acceptors (Lipinski definition) is 3. The summed E-state index contributed by atoms with van der Waals surface area (Å²) < 4.78 is 13.1. The van der Waals surface area contributed by atoms with Crippen molar-refractivity contribution in [2.45, 2.75) is 52.2 Å². The van der Waals surface area contributed by atoms with Gasteiger partial charge in [-0.25, -0.2) is 4.39 Å². The highest BCUT2D eigenvalue weighted by Gasteiger charge is 2.34. The lowest BCUT2D eigenvalue weighted by atomic mass is 10.1. The Balaban J connectivity index is 2.65. The second-order valence-corrected chi connectivity index (χ2v) is 4.86. The Hall–Kier alpha value is -0.190. The van der Waals surface area contributed by atoms with E-state index in [-0.39, 0.29) is 12.1 Å². The quantitative estimate of drug-likeness (QED) is 0.768. The molecule has 1 heterocycles. The fraction of sp³-hybridized carbons (Fsp3) is 1.00. The maximum absolute atomic E-state index is 13.1. The predicted molar refractivity (Wildman–Crippen MR) is 59.5 cm³/mol. The predicted octanol–water partition coefficient (Wildman–Crippen LogP) is 1.08. The zero-order valence-electron chi connectivity index (χ0n) is 10.2. The van der Waals surface area contributed by atoms with E-state index in [0.29, 0.717) is 12.6 Å². The second-order valence-electron chi connectivity index (χ2n) is 4.86. The number of nitrogens with zero attached hydrogens (tertiary/aromatic N) is 2. The molecule has 1 saturated heterocycles. The van der Waals surface area contributed by atoms with Gasteiger partial charge in [-0.05, 0) is 27.7 Å². The Bertz CT molecular complexity index is 197. The van der Waals surface area contributed by atoms with Crippen molar-refractivity contribution in [3.05, 3.63) is 0 Å². The molecule has 0 aromatic heterocycles. The van der Waals surface area contributed by atoms with Crippen molar-refractivity contribution in [2.24, 2.45) is 0 Å². The molecule has 1 fully saturated rings. The van der Waals surface area contributed by atoms with Crippen LogP contribution in [0.4, 0.5) is 4.39 Å². The molecule has 0 spiro atoms. The molecule has 0 radical (unpaired) electrons. The third-order valence-corrected chi connectivity index (χ3v) is 3.20. The van der Waals surface area contributed by atoms with Gasteiger partial charge in [-0.15, -0.1) is 0 Å². The fourth-order valence-electron chi connectivity index (χ4n) is 2.20. The maximum Gasteiger partial charge on any atom is 0.213 e. The van der Waals surface area contributed by atoms with Gasteiger partial charge in [0.2, 0.25) is 6.36 Å². The van der Waals surface area contributed by atoms with Crippen LogP contribution in [0.5, 0.6) is 0 Å². The molecular formula is C11H23FN2O. The van der Waals surface area contributed by atoms with E-state index in [4.69, 9.17) is 5.11 Å². The lowest BCUT2D eigenvalue weighted by molar-refractivity contribution is -0.0848. The largest absolute Gasteiger partial charge is 0.363 e. The summed E-state index contributed by atoms with van der Waals surface area (Å²) in [7, 11) is 0. The van der Waals surface area contributed by atoms with Gasteiger partial charge in [0.25, 0.3) is 0 Å². The first kappa shape index (κ1) is 12.9. The molecule has 1 aliphatic rings. The van der Waals surface area contributed by atoms with Crippen molar-refractivity contribution in [1.29, 1.82) is 0 Å². The topological polar surface area (TPSA) is 26.7 Å². The highest BCUT2D eigenvalue weighted by atomic mass is 19.1. The van der Waals surface area contributed by atoms with Gasteiger partial charge < -0.3 is 5.11 Å². The maximum atomic E-state index is 13.1. The number of hydrogen-bond donors (Lipinski definition) is 1. The average Bonchev–Trinajstić information content (AvgIpc) is 2.16. The Morgan fingerprint density at radius 2 is 1.73 bits per heavy atom. The van der Waals surface area contributed by atoms with Crippen molar-refractivity contribution in [1.82, 2.24) is 9.80 Å². The molecule has 1 aliphatic heterocycles. The summed E-state index contributed by atoms with van der Waals surface area (Å²) in [5, 5.41) is 9.16. The van der Waals surface area contributed by atoms with Crippen LogP contribution in [0, 0.1) is 0 Å². The molecule has 4 heteroatoms. The molecule has 0 bridgehead atoms. The van der Waals surface area contributed by atoms with E-state index in [2.05, 4.69) is 18.7 Å². The SMILES string of the molecule is CC(C)N1CCN(C(C)C)C(C(O)F)C1. The van der Waals surface area contributed by atoms with Crippen molar-refractivity contribution in [3.8, 4) is 0 Å². The van der Waals surface area contributed by atoms with Crippen molar-refractivity contribution < 1.29 is 9.50 Å². The normalized spacial score (nSPS) is 27.6. The van der Waals surface area contributed by atoms with E-state index >= 15 is 0 Å². The van der Waals surface area contributed by atoms with E-state index in [1.165, 1.54) is 0 Å². The first-order valence-electron chi connectivity index (χ1n) is 5.75. The van der Waals surface area contributed by atoms with Gasteiger partial charge >= 0.3 is 0 Å². The van der Waals surface area contributed by atoms with Crippen molar-refractivity contribution in [2.75, 3.05) is 19.6 Å². The summed E-state index contributed by atoms with van der Waals surface area (Å²) in [4.78, 5) is 4.26. The van der Waals surface area contributed by atoms with Crippen LogP contribution in [0.2, 0.25) is 0 Å². The van der Waals surface area contributed by atoms with E-state index in [9.17, 15) is 4.39 Å². The lowest BCUT2D eigenvalue weighted by Gasteiger charge is -2.45. The van der Waals surface area contributed by atoms with Crippen LogP contribution in [0.1, 0.15) is 27.7 Å². The molecule has 2 atom stereocenters. The minimum absolute atomic E-state index is 0.287. The second kappa shape index (κ2) is 5.23. The fourth-order valence-corrected chi connectivity index (χ4v) is 2.20. The molecule has 0 aromatic rings. The summed E-state index contributed by atoms with van der Waals surface area (Å²) in [6, 6.07) is 0.330. The van der Waals surface area contributed by atoms with Crippen LogP contribution in [-0.4, -0.2) is 59.0 Å². The monoisotopic (exact) mass is 218 g/mol. The van der Waals surface area contributed by atoms with Gasteiger partial charge in [-0.1, -0.05) is 0 Å². The third kappa shape index (κ3) is 3.13. The summed E-state index contributed by atoms with van der Waals surface area (Å²) in [6.45, 7) is 10.7. The van der Waals surface area contributed by atoms with Gasteiger partial charge in [-0.3, -0.25) is 9.80 Å². The minimum Gasteiger partial charge on any atom is -0.363 e. The molecule has 2 unspecified atom stereocenters. The molecule has 0 saturated carbocycles. The average molecular weight is 218 g/mol. The Morgan fingerprint density at radius 1 is 1.13 bits per heavy atom. The van der Waals surface area contributed by atoms with Crippen molar-refractivity contribution in [3.63, 3.8) is 0 Å². The molecule has 15 heavy (non-hydrogen) atoms. The van der Waals surface area contributed by atoms with Crippen LogP contribution in [-0.2, 0) is 0 Å². The van der Waals surface area contributed by atoms with Crippen LogP contribution in [0.3, 0.4) is 0 Å². The Labute approximate surface area is 91.9 Å². The number of piperazine rings is 1. The standard InChI is InChI=1S/C11H23FN2O/c1-8(2)13-5-6-14(9(3)4)10(7-13)11(12)15/h8-11,15H,5-7H2,1-4H3. The third-order valence-electron chi connectivity index (χ3n) is 3.20. The molecule has 90 valence electrons. The first-order chi connectivity index (χ1) is 6.93. The molecule has 0 aliphatic carbocycles. The summed E-state index contributed by atoms with van der Waals surface area (Å²) >= 11 is 0. The first-order valence-corrected chi connectivity index (χ1v) is 5.75. The number of rotatable bonds is 3.